The van der Waals surface area contributed by atoms with Gasteiger partial charge in [0.05, 0.1) is 0 Å². The van der Waals surface area contributed by atoms with Crippen LogP contribution in [-0.4, -0.2) is 0 Å². The maximum atomic E-state index is 4.23. The van der Waals surface area contributed by atoms with Crippen LogP contribution in [0.5, 0.6) is 0 Å². The minimum absolute atomic E-state index is 0.387. The summed E-state index contributed by atoms with van der Waals surface area (Å²) in [5.74, 6) is 0.953. The Morgan fingerprint density at radius 1 is 1.42 bits per heavy atom. The molecule has 0 aromatic heterocycles. The third-order valence-electron chi connectivity index (χ3n) is 5.06. The highest BCUT2D eigenvalue weighted by atomic mass is 14.3. The quantitative estimate of drug-likeness (QED) is 0.300. The largest absolute Gasteiger partial charge is 0.103 e. The zero-order chi connectivity index (χ0) is 18.1. The second-order valence-corrected chi connectivity index (χ2v) is 7.14. The van der Waals surface area contributed by atoms with Gasteiger partial charge in [0, 0.05) is 5.92 Å². The van der Waals surface area contributed by atoms with Crippen LogP contribution in [0.3, 0.4) is 0 Å². The highest BCUT2D eigenvalue weighted by Crippen LogP contribution is 2.36. The molecule has 0 aromatic rings. The highest BCUT2D eigenvalue weighted by Gasteiger charge is 2.21. The van der Waals surface area contributed by atoms with Crippen LogP contribution in [-0.2, 0) is 0 Å². The fraction of sp³-hybridized carbons (Fsp3) is 0.500. The molecule has 0 aromatic carbocycles. The number of hydrogen-bond acceptors (Lipinski definition) is 0. The molecule has 0 spiro atoms. The minimum Gasteiger partial charge on any atom is -0.103 e. The van der Waals surface area contributed by atoms with E-state index in [0.29, 0.717) is 11.8 Å². The molecule has 0 N–H and O–H groups in total. The van der Waals surface area contributed by atoms with Crippen molar-refractivity contribution >= 4 is 0 Å². The Morgan fingerprint density at radius 2 is 2.12 bits per heavy atom. The highest BCUT2D eigenvalue weighted by molar-refractivity contribution is 5.47. The summed E-state index contributed by atoms with van der Waals surface area (Å²) in [6.07, 6.45) is 17.2. The second kappa shape index (κ2) is 10.3. The molecule has 0 saturated carbocycles. The first-order valence-electron chi connectivity index (χ1n) is 9.48. The van der Waals surface area contributed by atoms with Crippen molar-refractivity contribution in [1.29, 1.82) is 0 Å². The Hall–Kier alpha value is -1.56. The van der Waals surface area contributed by atoms with Gasteiger partial charge < -0.3 is 0 Å². The van der Waals surface area contributed by atoms with E-state index in [0.717, 1.165) is 19.3 Å². The van der Waals surface area contributed by atoms with Crippen molar-refractivity contribution < 1.29 is 0 Å². The molecule has 0 heteroatoms. The molecule has 0 bridgehead atoms. The van der Waals surface area contributed by atoms with Crippen molar-refractivity contribution in [3.63, 3.8) is 0 Å². The molecule has 2 unspecified atom stereocenters. The molecule has 0 fully saturated rings. The molecule has 0 aliphatic heterocycles. The van der Waals surface area contributed by atoms with Crippen molar-refractivity contribution in [1.82, 2.24) is 0 Å². The summed E-state index contributed by atoms with van der Waals surface area (Å²) in [6, 6.07) is 0. The fourth-order valence-corrected chi connectivity index (χ4v) is 3.14. The van der Waals surface area contributed by atoms with E-state index in [1.807, 2.05) is 6.08 Å². The van der Waals surface area contributed by atoms with Crippen LogP contribution in [0.25, 0.3) is 0 Å². The summed E-state index contributed by atoms with van der Waals surface area (Å²) >= 11 is 0. The van der Waals surface area contributed by atoms with E-state index in [-0.39, 0.29) is 0 Å². The summed E-state index contributed by atoms with van der Waals surface area (Å²) < 4.78 is 0. The van der Waals surface area contributed by atoms with E-state index >= 15 is 0 Å². The topological polar surface area (TPSA) is 0 Å². The van der Waals surface area contributed by atoms with Gasteiger partial charge in [0.1, 0.15) is 0 Å². The van der Waals surface area contributed by atoms with E-state index < -0.39 is 0 Å². The lowest BCUT2D eigenvalue weighted by molar-refractivity contribution is 0.655. The Labute approximate surface area is 150 Å². The maximum Gasteiger partial charge on any atom is 0.00172 e. The Bertz CT molecular complexity index is 563. The molecular weight excluding hydrogens is 288 g/mol. The summed E-state index contributed by atoms with van der Waals surface area (Å²) in [6.45, 7) is 19.3. The molecule has 0 heterocycles. The molecular formula is C24H36. The first-order chi connectivity index (χ1) is 11.4. The van der Waals surface area contributed by atoms with Crippen molar-refractivity contribution in [3.05, 3.63) is 71.4 Å². The number of rotatable bonds is 9. The lowest BCUT2D eigenvalue weighted by atomic mass is 9.78. The Morgan fingerprint density at radius 3 is 2.67 bits per heavy atom. The van der Waals surface area contributed by atoms with Gasteiger partial charge >= 0.3 is 0 Å². The lowest BCUT2D eigenvalue weighted by Gasteiger charge is -2.27. The van der Waals surface area contributed by atoms with Gasteiger partial charge in [0.25, 0.3) is 0 Å². The number of unbranched alkanes of at least 4 members (excludes halogenated alkanes) is 1. The molecule has 1 aliphatic rings. The zero-order valence-corrected chi connectivity index (χ0v) is 16.5. The van der Waals surface area contributed by atoms with Gasteiger partial charge in [0.2, 0.25) is 0 Å². The van der Waals surface area contributed by atoms with Gasteiger partial charge in [-0.25, -0.2) is 0 Å². The van der Waals surface area contributed by atoms with E-state index in [2.05, 4.69) is 72.1 Å². The minimum atomic E-state index is 0.387. The van der Waals surface area contributed by atoms with E-state index in [4.69, 9.17) is 0 Å². The van der Waals surface area contributed by atoms with Gasteiger partial charge in [-0.15, -0.1) is 6.58 Å². The average Bonchev–Trinajstić information content (AvgIpc) is 2.57. The van der Waals surface area contributed by atoms with Crippen LogP contribution in [0.4, 0.5) is 0 Å². The molecule has 0 nitrogen and oxygen atoms in total. The molecule has 1 rings (SSSR count). The van der Waals surface area contributed by atoms with Gasteiger partial charge in [0.15, 0.2) is 0 Å². The van der Waals surface area contributed by atoms with Crippen LogP contribution in [0.15, 0.2) is 71.4 Å². The van der Waals surface area contributed by atoms with Gasteiger partial charge in [-0.3, -0.25) is 0 Å². The standard InChI is InChI=1S/C24H36/c1-8-11-13-21(10-3)16-24(20(7)18(4)5)23-17-22(12-9-2)15-14-19(23)6/h9-10,15-17,19-20H,2,4,8,11-14H2,1,3,5-7H3. The number of allylic oxidation sites excluding steroid dienone is 10. The lowest BCUT2D eigenvalue weighted by Crippen LogP contribution is -2.12. The Kier molecular flexibility index (Phi) is 8.82. The van der Waals surface area contributed by atoms with Crippen molar-refractivity contribution in [3.8, 4) is 0 Å². The zero-order valence-electron chi connectivity index (χ0n) is 16.5. The summed E-state index contributed by atoms with van der Waals surface area (Å²) in [4.78, 5) is 0. The van der Waals surface area contributed by atoms with Crippen LogP contribution >= 0.6 is 0 Å². The normalized spacial score (nSPS) is 20.3. The average molecular weight is 325 g/mol. The SMILES string of the molecule is C=CCC1=CCC(C)C(C(=CC(=CC)CCCC)C(C)C(=C)C)=C1. The van der Waals surface area contributed by atoms with Crippen LogP contribution in [0.1, 0.15) is 66.7 Å². The first kappa shape index (κ1) is 20.5. The molecule has 0 radical (unpaired) electrons. The first-order valence-corrected chi connectivity index (χ1v) is 9.48. The smallest absolute Gasteiger partial charge is 0.00172 e. The monoisotopic (exact) mass is 324 g/mol. The van der Waals surface area contributed by atoms with Crippen molar-refractivity contribution in [2.24, 2.45) is 11.8 Å². The molecule has 0 amide bonds. The molecule has 2 atom stereocenters. The Balaban J connectivity index is 3.29. The van der Waals surface area contributed by atoms with Gasteiger partial charge in [-0.05, 0) is 62.2 Å². The predicted molar refractivity (Wildman–Crippen MR) is 110 cm³/mol. The fourth-order valence-electron chi connectivity index (χ4n) is 3.14. The molecule has 24 heavy (non-hydrogen) atoms. The number of hydrogen-bond donors (Lipinski definition) is 0. The third kappa shape index (κ3) is 5.82. The van der Waals surface area contributed by atoms with E-state index in [1.54, 1.807) is 0 Å². The third-order valence-corrected chi connectivity index (χ3v) is 5.06. The van der Waals surface area contributed by atoms with E-state index in [1.165, 1.54) is 40.7 Å². The molecule has 132 valence electrons. The van der Waals surface area contributed by atoms with Crippen molar-refractivity contribution in [2.45, 2.75) is 66.7 Å². The van der Waals surface area contributed by atoms with Crippen LogP contribution in [0.2, 0.25) is 0 Å². The van der Waals surface area contributed by atoms with Crippen LogP contribution in [0, 0.1) is 11.8 Å². The van der Waals surface area contributed by atoms with Crippen molar-refractivity contribution in [2.75, 3.05) is 0 Å². The molecule has 1 aliphatic carbocycles. The predicted octanol–water partition coefficient (Wildman–Crippen LogP) is 7.73. The summed E-state index contributed by atoms with van der Waals surface area (Å²) in [5.41, 5.74) is 7.02. The summed E-state index contributed by atoms with van der Waals surface area (Å²) in [5, 5.41) is 0. The van der Waals surface area contributed by atoms with Gasteiger partial charge in [-0.1, -0.05) is 75.3 Å². The second-order valence-electron chi connectivity index (χ2n) is 7.14. The van der Waals surface area contributed by atoms with Gasteiger partial charge in [-0.2, -0.15) is 0 Å². The summed E-state index contributed by atoms with van der Waals surface area (Å²) in [7, 11) is 0. The van der Waals surface area contributed by atoms with Crippen LogP contribution < -0.4 is 0 Å². The maximum absolute atomic E-state index is 4.23. The van der Waals surface area contributed by atoms with E-state index in [9.17, 15) is 0 Å². The molecule has 0 saturated heterocycles.